The molecule has 0 spiro atoms. The average Bonchev–Trinajstić information content (AvgIpc) is 2.88. The van der Waals surface area contributed by atoms with Crippen molar-refractivity contribution in [3.63, 3.8) is 0 Å². The number of sulfone groups is 1. The van der Waals surface area contributed by atoms with Gasteiger partial charge in [0.05, 0.1) is 27.4 Å². The molecule has 2 atom stereocenters. The zero-order valence-electron chi connectivity index (χ0n) is 23.0. The first-order valence-electron chi connectivity index (χ1n) is 13.2. The molecule has 1 saturated carbocycles. The summed E-state index contributed by atoms with van der Waals surface area (Å²) in [4.78, 5) is 29.0. The number of cyclic esters (lactones) is 1. The number of carbonyl (C=O) groups is 1. The molecule has 12 nitrogen and oxygen atoms in total. The molecular formula is C27H31N7O5S. The lowest BCUT2D eigenvalue weighted by Gasteiger charge is -2.34. The fourth-order valence-electron chi connectivity index (χ4n) is 4.98. The van der Waals surface area contributed by atoms with Crippen LogP contribution in [-0.4, -0.2) is 52.5 Å². The minimum atomic E-state index is -3.11. The Kier molecular flexibility index (Phi) is 7.05. The molecule has 210 valence electrons. The van der Waals surface area contributed by atoms with Crippen LogP contribution in [0.4, 0.5) is 11.6 Å². The molecule has 4 heterocycles. The van der Waals surface area contributed by atoms with Crippen LogP contribution in [0.2, 0.25) is 0 Å². The van der Waals surface area contributed by atoms with Crippen LogP contribution in [0.1, 0.15) is 75.0 Å². The SMILES string of the molecule is CCS(=O)(=O)[C@H]1C[C@@H](Oc2ncc(C(C)(C)N=[N+]=[N-])c3cc(Nc4ccc5c(n4)[C@@H](C)[C@H](C)OC5=O)ncc23)C1. The summed E-state index contributed by atoms with van der Waals surface area (Å²) in [7, 11) is -3.11. The van der Waals surface area contributed by atoms with Gasteiger partial charge < -0.3 is 14.8 Å². The van der Waals surface area contributed by atoms with Gasteiger partial charge in [-0.15, -0.1) is 0 Å². The summed E-state index contributed by atoms with van der Waals surface area (Å²) >= 11 is 0. The van der Waals surface area contributed by atoms with Gasteiger partial charge >= 0.3 is 5.97 Å². The number of pyridine rings is 3. The maximum absolute atomic E-state index is 12.3. The van der Waals surface area contributed by atoms with Crippen LogP contribution in [0.3, 0.4) is 0 Å². The van der Waals surface area contributed by atoms with E-state index in [9.17, 15) is 13.2 Å². The van der Waals surface area contributed by atoms with E-state index in [1.807, 2.05) is 13.8 Å². The third kappa shape index (κ3) is 5.02. The van der Waals surface area contributed by atoms with Gasteiger partial charge in [-0.1, -0.05) is 32.8 Å². The van der Waals surface area contributed by atoms with Crippen molar-refractivity contribution in [2.45, 2.75) is 76.4 Å². The van der Waals surface area contributed by atoms with Crippen LogP contribution in [0.25, 0.3) is 21.2 Å². The van der Waals surface area contributed by atoms with Crippen LogP contribution >= 0.6 is 0 Å². The Bertz CT molecular complexity index is 1650. The number of aromatic nitrogens is 3. The standard InChI is InChI=1S/C27H31N7O5S/c1-6-40(36,37)17-9-16(10-17)39-25-20-12-29-23(11-19(20)21(13-30-25)27(4,5)33-34-28)31-22-8-7-18-24(32-22)14(2)15(3)38-26(18)35/h7-8,11-17H,6,9-10H2,1-5H3,(H,29,31,32)/t14-,15-,16-,17+/m0/s1. The molecule has 0 saturated heterocycles. The Morgan fingerprint density at radius 2 is 1.93 bits per heavy atom. The molecule has 2 aliphatic rings. The molecule has 3 aromatic rings. The quantitative estimate of drug-likeness (QED) is 0.164. The molecule has 0 unspecified atom stereocenters. The Balaban J connectivity index is 1.49. The van der Waals surface area contributed by atoms with E-state index in [1.54, 1.807) is 51.4 Å². The molecule has 5 rings (SSSR count). The van der Waals surface area contributed by atoms with Crippen LogP contribution < -0.4 is 10.1 Å². The van der Waals surface area contributed by atoms with Crippen molar-refractivity contribution in [2.24, 2.45) is 5.11 Å². The number of anilines is 2. The van der Waals surface area contributed by atoms with E-state index in [-0.39, 0.29) is 23.9 Å². The van der Waals surface area contributed by atoms with E-state index in [0.29, 0.717) is 58.0 Å². The third-order valence-electron chi connectivity index (χ3n) is 7.76. The van der Waals surface area contributed by atoms with Gasteiger partial charge in [0.25, 0.3) is 0 Å². The molecule has 0 bridgehead atoms. The predicted molar refractivity (Wildman–Crippen MR) is 149 cm³/mol. The molecule has 1 aliphatic carbocycles. The first-order valence-corrected chi connectivity index (χ1v) is 14.9. The highest BCUT2D eigenvalue weighted by Gasteiger charge is 2.40. The number of ether oxygens (including phenoxy) is 2. The van der Waals surface area contributed by atoms with E-state index >= 15 is 0 Å². The Morgan fingerprint density at radius 1 is 1.18 bits per heavy atom. The summed E-state index contributed by atoms with van der Waals surface area (Å²) in [5.41, 5.74) is 10.0. The normalized spacial score (nSPS) is 22.5. The molecule has 1 aliphatic heterocycles. The number of esters is 1. The summed E-state index contributed by atoms with van der Waals surface area (Å²) in [5.74, 6) is 0.971. The third-order valence-corrected chi connectivity index (χ3v) is 9.96. The van der Waals surface area contributed by atoms with Crippen LogP contribution in [0.5, 0.6) is 5.88 Å². The Morgan fingerprint density at radius 3 is 2.62 bits per heavy atom. The van der Waals surface area contributed by atoms with Gasteiger partial charge in [-0.25, -0.2) is 28.2 Å². The number of nitrogens with one attached hydrogen (secondary N) is 1. The van der Waals surface area contributed by atoms with Gasteiger partial charge in [0.2, 0.25) is 5.88 Å². The van der Waals surface area contributed by atoms with E-state index < -0.39 is 26.6 Å². The van der Waals surface area contributed by atoms with E-state index in [4.69, 9.17) is 15.0 Å². The maximum atomic E-state index is 12.3. The zero-order chi connectivity index (χ0) is 28.8. The lowest BCUT2D eigenvalue weighted by molar-refractivity contribution is 0.0235. The van der Waals surface area contributed by atoms with Gasteiger partial charge in [0.15, 0.2) is 9.84 Å². The van der Waals surface area contributed by atoms with Gasteiger partial charge in [-0.05, 0) is 41.6 Å². The monoisotopic (exact) mass is 565 g/mol. The fraction of sp³-hybridized carbons (Fsp3) is 0.481. The molecule has 0 amide bonds. The second kappa shape index (κ2) is 10.2. The molecule has 13 heteroatoms. The smallest absolute Gasteiger partial charge is 0.340 e. The largest absolute Gasteiger partial charge is 0.474 e. The summed E-state index contributed by atoms with van der Waals surface area (Å²) in [5, 5.41) is 8.09. The topological polar surface area (TPSA) is 169 Å². The lowest BCUT2D eigenvalue weighted by atomic mass is 9.92. The number of carbonyl (C=O) groups excluding carboxylic acids is 1. The number of nitrogens with zero attached hydrogens (tertiary/aromatic N) is 6. The zero-order valence-corrected chi connectivity index (χ0v) is 23.8. The second-order valence-corrected chi connectivity index (χ2v) is 13.3. The molecule has 1 fully saturated rings. The predicted octanol–water partition coefficient (Wildman–Crippen LogP) is 5.32. The number of azide groups is 1. The molecule has 0 aromatic carbocycles. The highest BCUT2D eigenvalue weighted by atomic mass is 32.2. The minimum absolute atomic E-state index is 0.0699. The Labute approximate surface area is 232 Å². The van der Waals surface area contributed by atoms with Crippen LogP contribution in [-0.2, 0) is 20.1 Å². The number of fused-ring (bicyclic) bond motifs is 2. The molecule has 1 N–H and O–H groups in total. The van der Waals surface area contributed by atoms with Gasteiger partial charge in [0, 0.05) is 41.8 Å². The van der Waals surface area contributed by atoms with Gasteiger partial charge in [-0.2, -0.15) is 0 Å². The molecule has 3 aromatic heterocycles. The number of hydrogen-bond acceptors (Lipinski definition) is 10. The number of rotatable bonds is 8. The summed E-state index contributed by atoms with van der Waals surface area (Å²) in [6.07, 6.45) is 3.49. The van der Waals surface area contributed by atoms with Crippen molar-refractivity contribution in [1.82, 2.24) is 15.0 Å². The Hall–Kier alpha value is -3.96. The molecule has 0 radical (unpaired) electrons. The van der Waals surface area contributed by atoms with Crippen molar-refractivity contribution in [3.05, 3.63) is 57.9 Å². The van der Waals surface area contributed by atoms with E-state index in [1.165, 1.54) is 0 Å². The van der Waals surface area contributed by atoms with Crippen molar-refractivity contribution < 1.29 is 22.7 Å². The first kappa shape index (κ1) is 27.6. The van der Waals surface area contributed by atoms with Gasteiger partial charge in [-0.3, -0.25) is 0 Å². The minimum Gasteiger partial charge on any atom is -0.474 e. The van der Waals surface area contributed by atoms with Crippen molar-refractivity contribution >= 4 is 38.2 Å². The van der Waals surface area contributed by atoms with Gasteiger partial charge in [0.1, 0.15) is 23.8 Å². The summed E-state index contributed by atoms with van der Waals surface area (Å²) < 4.78 is 35.8. The fourth-order valence-corrected chi connectivity index (χ4v) is 6.47. The highest BCUT2D eigenvalue weighted by molar-refractivity contribution is 7.92. The second-order valence-electron chi connectivity index (χ2n) is 10.8. The lowest BCUT2D eigenvalue weighted by Crippen LogP contribution is -2.43. The average molecular weight is 566 g/mol. The molecule has 40 heavy (non-hydrogen) atoms. The maximum Gasteiger partial charge on any atom is 0.340 e. The number of hydrogen-bond donors (Lipinski definition) is 1. The van der Waals surface area contributed by atoms with Crippen molar-refractivity contribution in [3.8, 4) is 5.88 Å². The van der Waals surface area contributed by atoms with Crippen molar-refractivity contribution in [2.75, 3.05) is 11.1 Å². The van der Waals surface area contributed by atoms with Crippen LogP contribution in [0, 0.1) is 0 Å². The van der Waals surface area contributed by atoms with E-state index in [0.717, 1.165) is 0 Å². The van der Waals surface area contributed by atoms with E-state index in [2.05, 4.69) is 30.3 Å². The summed E-state index contributed by atoms with van der Waals surface area (Å²) in [6.45, 7) is 9.02. The van der Waals surface area contributed by atoms with Crippen molar-refractivity contribution in [1.29, 1.82) is 0 Å². The first-order chi connectivity index (χ1) is 18.9. The van der Waals surface area contributed by atoms with Crippen LogP contribution in [0.15, 0.2) is 35.7 Å². The highest BCUT2D eigenvalue weighted by Crippen LogP contribution is 2.38. The molecular weight excluding hydrogens is 534 g/mol. The summed E-state index contributed by atoms with van der Waals surface area (Å²) in [6, 6.07) is 5.19.